The van der Waals surface area contributed by atoms with Crippen LogP contribution in [0.15, 0.2) is 39.8 Å². The van der Waals surface area contributed by atoms with Gasteiger partial charge in [0, 0.05) is 48.4 Å². The monoisotopic (exact) mass is 551 g/mol. The minimum atomic E-state index is -0.558. The number of imidazole rings is 1. The lowest BCUT2D eigenvalue weighted by atomic mass is 9.94. The van der Waals surface area contributed by atoms with Gasteiger partial charge in [0.25, 0.3) is 0 Å². The van der Waals surface area contributed by atoms with E-state index < -0.39 is 5.60 Å². The summed E-state index contributed by atoms with van der Waals surface area (Å²) in [6.45, 7) is 15.4. The van der Waals surface area contributed by atoms with Crippen molar-refractivity contribution >= 4 is 46.8 Å². The van der Waals surface area contributed by atoms with E-state index in [0.717, 1.165) is 44.7 Å². The molecule has 206 valence electrons. The number of aromatic nitrogens is 2. The van der Waals surface area contributed by atoms with Crippen molar-refractivity contribution in [2.24, 2.45) is 12.0 Å². The lowest BCUT2D eigenvalue weighted by Crippen LogP contribution is -2.57. The largest absolute Gasteiger partial charge is 0.494 e. The average molecular weight is 552 g/mol. The number of hydrogen-bond donors (Lipinski definition) is 1. The van der Waals surface area contributed by atoms with Crippen LogP contribution in [0.5, 0.6) is 0 Å². The van der Waals surface area contributed by atoms with Gasteiger partial charge in [-0.1, -0.05) is 17.7 Å². The third-order valence-corrected chi connectivity index (χ3v) is 7.61. The molecule has 0 saturated carbocycles. The van der Waals surface area contributed by atoms with Gasteiger partial charge in [-0.05, 0) is 65.1 Å². The number of nitrogens with one attached hydrogen (secondary N) is 1. The number of aromatic amines is 1. The Morgan fingerprint density at radius 2 is 1.95 bits per heavy atom. The van der Waals surface area contributed by atoms with Gasteiger partial charge in [0.05, 0.1) is 28.5 Å². The maximum Gasteiger partial charge on any atom is 0.410 e. The van der Waals surface area contributed by atoms with Gasteiger partial charge >= 0.3 is 11.8 Å². The SMILES string of the molecule is C=Nc1cc(-c2c(C)ccc3[nH]c(=O)n(C)c23)c(Cl)cc1C1=C(C)OC[C@H]2CN(C(=O)OC(C)(C)C)CCN12. The number of rotatable bonds is 3. The number of aliphatic imine (C=N–C) groups is 1. The molecule has 0 bridgehead atoms. The van der Waals surface area contributed by atoms with Crippen molar-refractivity contribution in [3.05, 3.63) is 56.7 Å². The van der Waals surface area contributed by atoms with E-state index in [1.807, 2.05) is 58.9 Å². The van der Waals surface area contributed by atoms with Gasteiger partial charge in [0.15, 0.2) is 0 Å². The highest BCUT2D eigenvalue weighted by Crippen LogP contribution is 2.43. The van der Waals surface area contributed by atoms with Crippen LogP contribution < -0.4 is 5.69 Å². The Kier molecular flexibility index (Phi) is 6.74. The number of carbonyl (C=O) groups excluding carboxylic acids is 1. The van der Waals surface area contributed by atoms with Crippen LogP contribution in [0.1, 0.15) is 38.8 Å². The molecule has 1 N–H and O–H groups in total. The summed E-state index contributed by atoms with van der Waals surface area (Å²) in [4.78, 5) is 36.4. The zero-order valence-electron chi connectivity index (χ0n) is 23.2. The van der Waals surface area contributed by atoms with E-state index >= 15 is 0 Å². The molecule has 3 heterocycles. The predicted molar refractivity (Wildman–Crippen MR) is 155 cm³/mol. The zero-order chi connectivity index (χ0) is 28.2. The number of amides is 1. The molecular formula is C29H34ClN5O4. The Morgan fingerprint density at radius 3 is 2.64 bits per heavy atom. The van der Waals surface area contributed by atoms with Gasteiger partial charge in [0.1, 0.15) is 18.0 Å². The molecule has 10 heteroatoms. The highest BCUT2D eigenvalue weighted by Gasteiger charge is 2.38. The van der Waals surface area contributed by atoms with E-state index in [1.165, 1.54) is 0 Å². The minimum absolute atomic E-state index is 0.0496. The van der Waals surface area contributed by atoms with Gasteiger partial charge in [-0.15, -0.1) is 0 Å². The number of benzene rings is 2. The number of piperazine rings is 1. The van der Waals surface area contributed by atoms with Crippen molar-refractivity contribution < 1.29 is 14.3 Å². The summed E-state index contributed by atoms with van der Waals surface area (Å²) >= 11 is 6.98. The summed E-state index contributed by atoms with van der Waals surface area (Å²) in [5.41, 5.74) is 5.72. The van der Waals surface area contributed by atoms with Crippen molar-refractivity contribution in [1.82, 2.24) is 19.4 Å². The number of aryl methyl sites for hydroxylation is 2. The second kappa shape index (κ2) is 9.79. The van der Waals surface area contributed by atoms with E-state index in [0.29, 0.717) is 37.0 Å². The molecule has 2 aromatic carbocycles. The van der Waals surface area contributed by atoms with Crippen molar-refractivity contribution in [2.75, 3.05) is 26.2 Å². The maximum absolute atomic E-state index is 12.7. The molecule has 3 aromatic rings. The zero-order valence-corrected chi connectivity index (χ0v) is 24.0. The Morgan fingerprint density at radius 1 is 1.21 bits per heavy atom. The van der Waals surface area contributed by atoms with E-state index in [-0.39, 0.29) is 17.8 Å². The standard InChI is InChI=1S/C29H34ClN5O4/c1-16-8-9-22-26(33(7)27(36)32-22)24(16)19-13-23(31-6)20(12-21(19)30)25-17(2)38-15-18-14-34(10-11-35(18)25)28(37)39-29(3,4)5/h8-9,12-13,18H,6,10-11,14-15H2,1-5,7H3,(H,32,36)/t18-/m1/s1. The van der Waals surface area contributed by atoms with Gasteiger partial charge in [-0.2, -0.15) is 0 Å². The number of allylic oxidation sites excluding steroid dienone is 1. The Labute approximate surface area is 232 Å². The molecule has 1 amide bonds. The summed E-state index contributed by atoms with van der Waals surface area (Å²) in [6, 6.07) is 7.63. The molecular weight excluding hydrogens is 518 g/mol. The fourth-order valence-electron chi connectivity index (χ4n) is 5.48. The smallest absolute Gasteiger partial charge is 0.410 e. The molecule has 0 spiro atoms. The topological polar surface area (TPSA) is 92.2 Å². The maximum atomic E-state index is 12.7. The van der Waals surface area contributed by atoms with E-state index in [4.69, 9.17) is 21.1 Å². The van der Waals surface area contributed by atoms with Crippen LogP contribution in [-0.2, 0) is 16.5 Å². The summed E-state index contributed by atoms with van der Waals surface area (Å²) in [5.74, 6) is 0.761. The van der Waals surface area contributed by atoms with Crippen molar-refractivity contribution in [3.8, 4) is 11.1 Å². The fourth-order valence-corrected chi connectivity index (χ4v) is 5.73. The minimum Gasteiger partial charge on any atom is -0.494 e. The quantitative estimate of drug-likeness (QED) is 0.436. The van der Waals surface area contributed by atoms with Crippen LogP contribution in [0.2, 0.25) is 5.02 Å². The predicted octanol–water partition coefficient (Wildman–Crippen LogP) is 5.47. The molecule has 1 aromatic heterocycles. The number of nitrogens with zero attached hydrogens (tertiary/aromatic N) is 4. The molecule has 0 aliphatic carbocycles. The second-order valence-corrected chi connectivity index (χ2v) is 11.5. The van der Waals surface area contributed by atoms with E-state index in [2.05, 4.69) is 21.6 Å². The summed E-state index contributed by atoms with van der Waals surface area (Å²) in [7, 11) is 1.74. The summed E-state index contributed by atoms with van der Waals surface area (Å²) in [5, 5.41) is 0.525. The Hall–Kier alpha value is -3.72. The third kappa shape index (κ3) is 4.80. The van der Waals surface area contributed by atoms with Crippen LogP contribution in [-0.4, -0.2) is 70.0 Å². The number of ether oxygens (including phenoxy) is 2. The normalized spacial score (nSPS) is 17.8. The molecule has 1 saturated heterocycles. The van der Waals surface area contributed by atoms with Gasteiger partial charge in [-0.25, -0.2) is 9.59 Å². The molecule has 2 aliphatic heterocycles. The van der Waals surface area contributed by atoms with Gasteiger partial charge in [0.2, 0.25) is 0 Å². The first-order chi connectivity index (χ1) is 18.4. The summed E-state index contributed by atoms with van der Waals surface area (Å²) < 4.78 is 13.3. The third-order valence-electron chi connectivity index (χ3n) is 7.30. The number of hydrogen-bond acceptors (Lipinski definition) is 6. The Bertz CT molecular complexity index is 1580. The number of fused-ring (bicyclic) bond motifs is 2. The van der Waals surface area contributed by atoms with Crippen LogP contribution in [0.25, 0.3) is 27.9 Å². The molecule has 2 aliphatic rings. The molecule has 39 heavy (non-hydrogen) atoms. The van der Waals surface area contributed by atoms with Crippen molar-refractivity contribution in [2.45, 2.75) is 46.3 Å². The molecule has 5 rings (SSSR count). The Balaban J connectivity index is 1.55. The van der Waals surface area contributed by atoms with Crippen molar-refractivity contribution in [3.63, 3.8) is 0 Å². The van der Waals surface area contributed by atoms with Crippen LogP contribution in [0, 0.1) is 6.92 Å². The van der Waals surface area contributed by atoms with Gasteiger partial charge < -0.3 is 24.3 Å². The number of H-pyrrole nitrogens is 1. The fraction of sp³-hybridized carbons (Fsp3) is 0.414. The van der Waals surface area contributed by atoms with Crippen LogP contribution in [0.3, 0.4) is 0 Å². The first-order valence-corrected chi connectivity index (χ1v) is 13.3. The number of halogens is 1. The van der Waals surface area contributed by atoms with Crippen molar-refractivity contribution in [1.29, 1.82) is 0 Å². The van der Waals surface area contributed by atoms with Gasteiger partial charge in [-0.3, -0.25) is 9.56 Å². The molecule has 9 nitrogen and oxygen atoms in total. The molecule has 0 unspecified atom stereocenters. The first kappa shape index (κ1) is 26.9. The van der Waals surface area contributed by atoms with E-state index in [1.54, 1.807) is 16.5 Å². The average Bonchev–Trinajstić information content (AvgIpc) is 3.16. The summed E-state index contributed by atoms with van der Waals surface area (Å²) in [6.07, 6.45) is -0.320. The lowest BCUT2D eigenvalue weighted by molar-refractivity contribution is -0.00182. The lowest BCUT2D eigenvalue weighted by Gasteiger charge is -2.46. The molecule has 0 radical (unpaired) electrons. The second-order valence-electron chi connectivity index (χ2n) is 11.1. The molecule has 1 fully saturated rings. The highest BCUT2D eigenvalue weighted by atomic mass is 35.5. The van der Waals surface area contributed by atoms with Crippen LogP contribution >= 0.6 is 11.6 Å². The molecule has 1 atom stereocenters. The van der Waals surface area contributed by atoms with E-state index in [9.17, 15) is 9.59 Å². The van der Waals surface area contributed by atoms with Crippen LogP contribution in [0.4, 0.5) is 10.5 Å². The number of carbonyl (C=O) groups is 1. The highest BCUT2D eigenvalue weighted by molar-refractivity contribution is 6.34. The first-order valence-electron chi connectivity index (χ1n) is 13.0.